The number of hydrogen-bond donors (Lipinski definition) is 2. The van der Waals surface area contributed by atoms with Crippen LogP contribution in [0.1, 0.15) is 17.9 Å². The molecule has 108 valence electrons. The summed E-state index contributed by atoms with van der Waals surface area (Å²) in [6.07, 6.45) is 2.03. The van der Waals surface area contributed by atoms with Gasteiger partial charge >= 0.3 is 11.0 Å². The molecule has 1 fully saturated rings. The molecule has 7 nitrogen and oxygen atoms in total. The van der Waals surface area contributed by atoms with Gasteiger partial charge in [0.25, 0.3) is 0 Å². The van der Waals surface area contributed by atoms with Gasteiger partial charge in [-0.25, -0.2) is 9.78 Å². The zero-order chi connectivity index (χ0) is 14.8. The zero-order valence-electron chi connectivity index (χ0n) is 10.9. The molecule has 1 aromatic carbocycles. The van der Waals surface area contributed by atoms with Crippen molar-refractivity contribution < 1.29 is 9.72 Å². The Morgan fingerprint density at radius 3 is 2.81 bits per heavy atom. The van der Waals surface area contributed by atoms with E-state index in [0.29, 0.717) is 5.92 Å². The topological polar surface area (TPSA) is 97.2 Å². The first-order chi connectivity index (χ1) is 10.1. The van der Waals surface area contributed by atoms with Gasteiger partial charge in [-0.1, -0.05) is 30.3 Å². The standard InChI is InChI=1S/C13H12N4O3S/c18-12(16-13-14-7-11(21-13)17(19)20)15-10-6-9(10)8-4-2-1-3-5-8/h1-5,7,9-10H,6H2,(H2,14,15,16,18)/t9-,10+/m0/s1. The molecule has 1 heterocycles. The van der Waals surface area contributed by atoms with Crippen LogP contribution >= 0.6 is 11.3 Å². The Bertz CT molecular complexity index is 673. The molecule has 2 N–H and O–H groups in total. The van der Waals surface area contributed by atoms with E-state index < -0.39 is 4.92 Å². The first kappa shape index (κ1) is 13.5. The van der Waals surface area contributed by atoms with Crippen LogP contribution in [0.2, 0.25) is 0 Å². The number of aromatic nitrogens is 1. The van der Waals surface area contributed by atoms with Crippen molar-refractivity contribution in [3.63, 3.8) is 0 Å². The number of carbonyl (C=O) groups is 1. The molecular formula is C13H12N4O3S. The van der Waals surface area contributed by atoms with Crippen molar-refractivity contribution in [2.45, 2.75) is 18.4 Å². The van der Waals surface area contributed by atoms with E-state index in [1.807, 2.05) is 30.3 Å². The van der Waals surface area contributed by atoms with E-state index in [4.69, 9.17) is 0 Å². The van der Waals surface area contributed by atoms with E-state index in [1.54, 1.807) is 0 Å². The van der Waals surface area contributed by atoms with Crippen molar-refractivity contribution in [2.75, 3.05) is 5.32 Å². The highest BCUT2D eigenvalue weighted by Gasteiger charge is 2.39. The van der Waals surface area contributed by atoms with E-state index in [-0.39, 0.29) is 22.2 Å². The minimum atomic E-state index is -0.535. The third kappa shape index (κ3) is 3.16. The minimum absolute atomic E-state index is 0.0983. The molecule has 1 aromatic heterocycles. The molecule has 0 aliphatic heterocycles. The third-order valence-corrected chi connectivity index (χ3v) is 4.09. The molecule has 1 aliphatic carbocycles. The summed E-state index contributed by atoms with van der Waals surface area (Å²) >= 11 is 0.832. The fourth-order valence-electron chi connectivity index (χ4n) is 2.13. The Morgan fingerprint density at radius 2 is 2.14 bits per heavy atom. The maximum atomic E-state index is 11.8. The van der Waals surface area contributed by atoms with Crippen molar-refractivity contribution in [3.05, 3.63) is 52.2 Å². The highest BCUT2D eigenvalue weighted by atomic mass is 32.1. The highest BCUT2D eigenvalue weighted by molar-refractivity contribution is 7.18. The number of nitrogens with one attached hydrogen (secondary N) is 2. The van der Waals surface area contributed by atoms with Gasteiger partial charge in [-0.2, -0.15) is 0 Å². The highest BCUT2D eigenvalue weighted by Crippen LogP contribution is 2.40. The summed E-state index contributed by atoms with van der Waals surface area (Å²) in [6.45, 7) is 0. The van der Waals surface area contributed by atoms with Crippen molar-refractivity contribution in [3.8, 4) is 0 Å². The van der Waals surface area contributed by atoms with Crippen LogP contribution in [0, 0.1) is 10.1 Å². The van der Waals surface area contributed by atoms with E-state index >= 15 is 0 Å². The van der Waals surface area contributed by atoms with E-state index in [0.717, 1.165) is 24.0 Å². The number of thiazole rings is 1. The summed E-state index contributed by atoms with van der Waals surface area (Å²) in [5.74, 6) is 0.336. The van der Waals surface area contributed by atoms with E-state index in [9.17, 15) is 14.9 Å². The average molecular weight is 304 g/mol. The lowest BCUT2D eigenvalue weighted by atomic mass is 10.1. The molecule has 0 radical (unpaired) electrons. The largest absolute Gasteiger partial charge is 0.345 e. The fourth-order valence-corrected chi connectivity index (χ4v) is 2.76. The Morgan fingerprint density at radius 1 is 1.38 bits per heavy atom. The molecule has 1 saturated carbocycles. The van der Waals surface area contributed by atoms with Crippen LogP contribution in [0.5, 0.6) is 0 Å². The lowest BCUT2D eigenvalue weighted by molar-refractivity contribution is -0.380. The molecule has 0 bridgehead atoms. The minimum Gasteiger partial charge on any atom is -0.334 e. The first-order valence-electron chi connectivity index (χ1n) is 6.36. The number of hydrogen-bond acceptors (Lipinski definition) is 5. The van der Waals surface area contributed by atoms with Crippen molar-refractivity contribution in [1.29, 1.82) is 0 Å². The van der Waals surface area contributed by atoms with Crippen LogP contribution in [-0.4, -0.2) is 22.0 Å². The first-order valence-corrected chi connectivity index (χ1v) is 7.18. The van der Waals surface area contributed by atoms with Gasteiger partial charge in [0.05, 0.1) is 4.92 Å². The molecule has 0 unspecified atom stereocenters. The second-order valence-corrected chi connectivity index (χ2v) is 5.73. The van der Waals surface area contributed by atoms with Gasteiger partial charge in [-0.05, 0) is 23.3 Å². The Labute approximate surface area is 124 Å². The number of nitrogens with zero attached hydrogens (tertiary/aromatic N) is 2. The summed E-state index contributed by atoms with van der Waals surface area (Å²) in [4.78, 5) is 25.6. The number of benzene rings is 1. The van der Waals surface area contributed by atoms with Gasteiger partial charge in [0, 0.05) is 12.0 Å². The number of anilines is 1. The van der Waals surface area contributed by atoms with Gasteiger partial charge in [-0.15, -0.1) is 0 Å². The van der Waals surface area contributed by atoms with Gasteiger partial charge in [0.1, 0.15) is 6.20 Å². The predicted octanol–water partition coefficient (Wildman–Crippen LogP) is 2.73. The number of amides is 2. The number of nitro groups is 1. The van der Waals surface area contributed by atoms with Crippen LogP contribution in [0.3, 0.4) is 0 Å². The Balaban J connectivity index is 1.52. The summed E-state index contributed by atoms with van der Waals surface area (Å²) in [7, 11) is 0. The van der Waals surface area contributed by atoms with Crippen LogP contribution in [0.4, 0.5) is 14.9 Å². The molecule has 0 saturated heterocycles. The predicted molar refractivity (Wildman–Crippen MR) is 78.5 cm³/mol. The van der Waals surface area contributed by atoms with E-state index in [2.05, 4.69) is 15.6 Å². The van der Waals surface area contributed by atoms with Crippen LogP contribution in [-0.2, 0) is 0 Å². The molecule has 3 rings (SSSR count). The molecule has 0 spiro atoms. The zero-order valence-corrected chi connectivity index (χ0v) is 11.7. The molecule has 2 amide bonds. The van der Waals surface area contributed by atoms with Gasteiger partial charge < -0.3 is 5.32 Å². The van der Waals surface area contributed by atoms with Crippen LogP contribution in [0.15, 0.2) is 36.5 Å². The molecule has 2 aromatic rings. The molecule has 1 aliphatic rings. The average Bonchev–Trinajstić information content (AvgIpc) is 3.06. The van der Waals surface area contributed by atoms with Gasteiger partial charge in [0.15, 0.2) is 5.13 Å². The van der Waals surface area contributed by atoms with E-state index in [1.165, 1.54) is 5.56 Å². The summed E-state index contributed by atoms with van der Waals surface area (Å²) in [5.41, 5.74) is 1.20. The summed E-state index contributed by atoms with van der Waals surface area (Å²) in [5, 5.41) is 16.0. The normalized spacial score (nSPS) is 19.8. The van der Waals surface area contributed by atoms with Gasteiger partial charge in [0.2, 0.25) is 0 Å². The second-order valence-electron chi connectivity index (χ2n) is 4.72. The van der Waals surface area contributed by atoms with Crippen molar-refractivity contribution in [2.24, 2.45) is 0 Å². The number of urea groups is 1. The third-order valence-electron chi connectivity index (χ3n) is 3.23. The fraction of sp³-hybridized carbons (Fsp3) is 0.231. The number of rotatable bonds is 4. The SMILES string of the molecule is O=C(Nc1ncc([N+](=O)[O-])s1)N[C@@H]1C[C@H]1c1ccccc1. The van der Waals surface area contributed by atoms with Crippen LogP contribution in [0.25, 0.3) is 0 Å². The molecule has 8 heteroatoms. The smallest absolute Gasteiger partial charge is 0.334 e. The lowest BCUT2D eigenvalue weighted by Crippen LogP contribution is -2.31. The quantitative estimate of drug-likeness (QED) is 0.670. The summed E-state index contributed by atoms with van der Waals surface area (Å²) < 4.78 is 0. The molecular weight excluding hydrogens is 292 g/mol. The van der Waals surface area contributed by atoms with Gasteiger partial charge in [-0.3, -0.25) is 15.4 Å². The lowest BCUT2D eigenvalue weighted by Gasteiger charge is -2.04. The van der Waals surface area contributed by atoms with Crippen molar-refractivity contribution >= 4 is 27.5 Å². The maximum Gasteiger partial charge on any atom is 0.345 e. The Kier molecular flexibility index (Phi) is 3.53. The van der Waals surface area contributed by atoms with Crippen molar-refractivity contribution in [1.82, 2.24) is 10.3 Å². The number of carbonyl (C=O) groups excluding carboxylic acids is 1. The summed E-state index contributed by atoms with van der Waals surface area (Å²) in [6, 6.07) is 9.68. The maximum absolute atomic E-state index is 11.8. The second kappa shape index (κ2) is 5.49. The molecule has 21 heavy (non-hydrogen) atoms. The molecule has 2 atom stereocenters. The monoisotopic (exact) mass is 304 g/mol. The van der Waals surface area contributed by atoms with Crippen LogP contribution < -0.4 is 10.6 Å². The Hall–Kier alpha value is -2.48.